The first-order valence-electron chi connectivity index (χ1n) is 5.25. The predicted octanol–water partition coefficient (Wildman–Crippen LogP) is 0.789. The standard InChI is InChI=1S/C10H15N3O2/c1-8-11-10(12-15-8)6-13-4-2-3-9(5-13)7-14/h7,9H,2-6H2,1H3. The van der Waals surface area contributed by atoms with Gasteiger partial charge in [-0.15, -0.1) is 0 Å². The second kappa shape index (κ2) is 4.53. The fourth-order valence-corrected chi connectivity index (χ4v) is 1.95. The molecule has 5 heteroatoms. The van der Waals surface area contributed by atoms with Gasteiger partial charge in [-0.3, -0.25) is 4.90 Å². The van der Waals surface area contributed by atoms with Crippen LogP contribution in [-0.2, 0) is 11.3 Å². The van der Waals surface area contributed by atoms with E-state index >= 15 is 0 Å². The Morgan fingerprint density at radius 1 is 1.67 bits per heavy atom. The summed E-state index contributed by atoms with van der Waals surface area (Å²) in [6.45, 7) is 4.29. The molecule has 1 fully saturated rings. The van der Waals surface area contributed by atoms with Crippen LogP contribution in [0.3, 0.4) is 0 Å². The normalized spacial score (nSPS) is 22.9. The predicted molar refractivity (Wildman–Crippen MR) is 53.1 cm³/mol. The van der Waals surface area contributed by atoms with Gasteiger partial charge in [0.2, 0.25) is 5.89 Å². The summed E-state index contributed by atoms with van der Waals surface area (Å²) >= 11 is 0. The van der Waals surface area contributed by atoms with Gasteiger partial charge in [0.1, 0.15) is 6.29 Å². The number of carbonyl (C=O) groups is 1. The molecule has 1 aliphatic heterocycles. The number of aldehydes is 1. The van der Waals surface area contributed by atoms with Crippen molar-refractivity contribution in [1.29, 1.82) is 0 Å². The second-order valence-electron chi connectivity index (χ2n) is 4.00. The molecule has 82 valence electrons. The molecule has 1 saturated heterocycles. The van der Waals surface area contributed by atoms with Crippen LogP contribution >= 0.6 is 0 Å². The van der Waals surface area contributed by atoms with Crippen LogP contribution in [0, 0.1) is 12.8 Å². The molecule has 0 bridgehead atoms. The Hall–Kier alpha value is -1.23. The number of hydrogen-bond donors (Lipinski definition) is 0. The molecule has 5 nitrogen and oxygen atoms in total. The first kappa shape index (κ1) is 10.3. The van der Waals surface area contributed by atoms with Gasteiger partial charge < -0.3 is 9.32 Å². The smallest absolute Gasteiger partial charge is 0.223 e. The Morgan fingerprint density at radius 3 is 3.20 bits per heavy atom. The summed E-state index contributed by atoms with van der Waals surface area (Å²) in [6, 6.07) is 0. The molecule has 2 rings (SSSR count). The minimum Gasteiger partial charge on any atom is -0.340 e. The van der Waals surface area contributed by atoms with E-state index in [4.69, 9.17) is 4.52 Å². The number of hydrogen-bond acceptors (Lipinski definition) is 5. The Morgan fingerprint density at radius 2 is 2.53 bits per heavy atom. The summed E-state index contributed by atoms with van der Waals surface area (Å²) in [4.78, 5) is 17.0. The third kappa shape index (κ3) is 2.62. The molecule has 0 spiro atoms. The Kier molecular flexibility index (Phi) is 3.11. The summed E-state index contributed by atoms with van der Waals surface area (Å²) in [7, 11) is 0. The number of aromatic nitrogens is 2. The number of nitrogens with zero attached hydrogens (tertiary/aromatic N) is 3. The number of rotatable bonds is 3. The highest BCUT2D eigenvalue weighted by Gasteiger charge is 2.20. The van der Waals surface area contributed by atoms with Gasteiger partial charge in [0.05, 0.1) is 6.54 Å². The van der Waals surface area contributed by atoms with Crippen molar-refractivity contribution >= 4 is 6.29 Å². The average Bonchev–Trinajstić information content (AvgIpc) is 2.64. The van der Waals surface area contributed by atoms with Crippen LogP contribution in [0.2, 0.25) is 0 Å². The van der Waals surface area contributed by atoms with E-state index < -0.39 is 0 Å². The maximum Gasteiger partial charge on any atom is 0.223 e. The van der Waals surface area contributed by atoms with Crippen molar-refractivity contribution in [3.05, 3.63) is 11.7 Å². The maximum atomic E-state index is 10.7. The third-order valence-electron chi connectivity index (χ3n) is 2.67. The summed E-state index contributed by atoms with van der Waals surface area (Å²) in [5, 5.41) is 3.84. The average molecular weight is 209 g/mol. The zero-order chi connectivity index (χ0) is 10.7. The zero-order valence-electron chi connectivity index (χ0n) is 8.85. The van der Waals surface area contributed by atoms with Crippen LogP contribution in [-0.4, -0.2) is 34.4 Å². The van der Waals surface area contributed by atoms with E-state index in [0.29, 0.717) is 18.3 Å². The largest absolute Gasteiger partial charge is 0.340 e. The summed E-state index contributed by atoms with van der Waals surface area (Å²) < 4.78 is 4.90. The molecule has 1 atom stereocenters. The highest BCUT2D eigenvalue weighted by atomic mass is 16.5. The molecule has 1 aliphatic rings. The van der Waals surface area contributed by atoms with Crippen molar-refractivity contribution in [3.63, 3.8) is 0 Å². The summed E-state index contributed by atoms with van der Waals surface area (Å²) in [5.74, 6) is 1.47. The van der Waals surface area contributed by atoms with Gasteiger partial charge in [-0.05, 0) is 19.4 Å². The van der Waals surface area contributed by atoms with E-state index in [0.717, 1.165) is 32.2 Å². The minimum absolute atomic E-state index is 0.173. The lowest BCUT2D eigenvalue weighted by Crippen LogP contribution is -2.35. The van der Waals surface area contributed by atoms with Gasteiger partial charge in [-0.1, -0.05) is 5.16 Å². The summed E-state index contributed by atoms with van der Waals surface area (Å²) in [5.41, 5.74) is 0. The Labute approximate surface area is 88.5 Å². The molecular weight excluding hydrogens is 194 g/mol. The van der Waals surface area contributed by atoms with Crippen molar-refractivity contribution < 1.29 is 9.32 Å². The first-order chi connectivity index (χ1) is 7.28. The lowest BCUT2D eigenvalue weighted by atomic mass is 10.00. The molecule has 2 heterocycles. The SMILES string of the molecule is Cc1nc(CN2CCCC(C=O)C2)no1. The Bertz CT molecular complexity index is 337. The van der Waals surface area contributed by atoms with E-state index in [1.54, 1.807) is 6.92 Å². The lowest BCUT2D eigenvalue weighted by Gasteiger charge is -2.28. The number of aryl methyl sites for hydroxylation is 1. The molecule has 0 aromatic carbocycles. The monoisotopic (exact) mass is 209 g/mol. The molecule has 1 aromatic rings. The fourth-order valence-electron chi connectivity index (χ4n) is 1.95. The molecular formula is C10H15N3O2. The van der Waals surface area contributed by atoms with E-state index in [1.165, 1.54) is 0 Å². The molecule has 0 radical (unpaired) electrons. The molecule has 0 amide bonds. The minimum atomic E-state index is 0.173. The van der Waals surface area contributed by atoms with E-state index in [2.05, 4.69) is 15.0 Å². The van der Waals surface area contributed by atoms with E-state index in [1.807, 2.05) is 0 Å². The topological polar surface area (TPSA) is 59.2 Å². The van der Waals surface area contributed by atoms with Crippen LogP contribution in [0.25, 0.3) is 0 Å². The van der Waals surface area contributed by atoms with Gasteiger partial charge in [-0.25, -0.2) is 0 Å². The van der Waals surface area contributed by atoms with Crippen molar-refractivity contribution in [2.24, 2.45) is 5.92 Å². The van der Waals surface area contributed by atoms with E-state index in [9.17, 15) is 4.79 Å². The highest BCUT2D eigenvalue weighted by Crippen LogP contribution is 2.15. The van der Waals surface area contributed by atoms with Gasteiger partial charge in [0.15, 0.2) is 5.82 Å². The van der Waals surface area contributed by atoms with Crippen LogP contribution < -0.4 is 0 Å². The lowest BCUT2D eigenvalue weighted by molar-refractivity contribution is -0.112. The summed E-state index contributed by atoms with van der Waals surface area (Å²) in [6.07, 6.45) is 3.12. The van der Waals surface area contributed by atoms with Crippen molar-refractivity contribution in [2.45, 2.75) is 26.3 Å². The van der Waals surface area contributed by atoms with Crippen LogP contribution in [0.4, 0.5) is 0 Å². The van der Waals surface area contributed by atoms with Gasteiger partial charge in [0.25, 0.3) is 0 Å². The fraction of sp³-hybridized carbons (Fsp3) is 0.700. The second-order valence-corrected chi connectivity index (χ2v) is 4.00. The molecule has 0 aliphatic carbocycles. The molecule has 15 heavy (non-hydrogen) atoms. The van der Waals surface area contributed by atoms with Crippen molar-refractivity contribution in [2.75, 3.05) is 13.1 Å². The highest BCUT2D eigenvalue weighted by molar-refractivity contribution is 5.53. The van der Waals surface area contributed by atoms with Crippen molar-refractivity contribution in [1.82, 2.24) is 15.0 Å². The molecule has 1 aromatic heterocycles. The number of piperidine rings is 1. The van der Waals surface area contributed by atoms with Crippen LogP contribution in [0.1, 0.15) is 24.6 Å². The quantitative estimate of drug-likeness (QED) is 0.689. The number of carbonyl (C=O) groups excluding carboxylic acids is 1. The van der Waals surface area contributed by atoms with Crippen molar-refractivity contribution in [3.8, 4) is 0 Å². The van der Waals surface area contributed by atoms with Crippen LogP contribution in [0.15, 0.2) is 4.52 Å². The molecule has 0 N–H and O–H groups in total. The van der Waals surface area contributed by atoms with Gasteiger partial charge in [0, 0.05) is 19.4 Å². The molecule has 0 saturated carbocycles. The molecule has 1 unspecified atom stereocenters. The number of likely N-dealkylation sites (tertiary alicyclic amines) is 1. The zero-order valence-corrected chi connectivity index (χ0v) is 8.85. The van der Waals surface area contributed by atoms with Gasteiger partial charge in [-0.2, -0.15) is 4.98 Å². The Balaban J connectivity index is 1.91. The van der Waals surface area contributed by atoms with Gasteiger partial charge >= 0.3 is 0 Å². The maximum absolute atomic E-state index is 10.7. The first-order valence-corrected chi connectivity index (χ1v) is 5.25. The third-order valence-corrected chi connectivity index (χ3v) is 2.67. The van der Waals surface area contributed by atoms with Crippen LogP contribution in [0.5, 0.6) is 0 Å². The van der Waals surface area contributed by atoms with E-state index in [-0.39, 0.29) is 5.92 Å².